The number of likely N-dealkylation sites (N-methyl/N-ethyl adjacent to an activating group) is 1. The SMILES string of the molecule is CN(CC(=O)Nc1ccc(Cl)c(C(F)(F)F)c1)C(=O)C(C)(C)n1cc([N+](=O)[O-])cn1. The maximum absolute atomic E-state index is 12.9. The lowest BCUT2D eigenvalue weighted by molar-refractivity contribution is -0.385. The zero-order chi connectivity index (χ0) is 22.9. The number of alkyl halides is 3. The number of nitro groups is 1. The maximum atomic E-state index is 12.9. The lowest BCUT2D eigenvalue weighted by Gasteiger charge is -2.29. The van der Waals surface area contributed by atoms with Gasteiger partial charge >= 0.3 is 11.9 Å². The summed E-state index contributed by atoms with van der Waals surface area (Å²) in [7, 11) is 1.31. The van der Waals surface area contributed by atoms with Gasteiger partial charge < -0.3 is 10.2 Å². The molecule has 9 nitrogen and oxygen atoms in total. The summed E-state index contributed by atoms with van der Waals surface area (Å²) in [5, 5.41) is 16.4. The average Bonchev–Trinajstić information content (AvgIpc) is 3.13. The van der Waals surface area contributed by atoms with Gasteiger partial charge in [0.25, 0.3) is 0 Å². The molecule has 0 aliphatic rings. The van der Waals surface area contributed by atoms with Gasteiger partial charge in [-0.25, -0.2) is 0 Å². The van der Waals surface area contributed by atoms with Gasteiger partial charge in [0.2, 0.25) is 11.8 Å². The van der Waals surface area contributed by atoms with Gasteiger partial charge in [0.15, 0.2) is 0 Å². The molecular weight excluding hydrogens is 431 g/mol. The first-order valence-electron chi connectivity index (χ1n) is 8.35. The molecule has 0 aliphatic carbocycles. The number of nitrogens with one attached hydrogen (secondary N) is 1. The van der Waals surface area contributed by atoms with Gasteiger partial charge in [-0.2, -0.15) is 18.3 Å². The number of anilines is 1. The highest BCUT2D eigenvalue weighted by atomic mass is 35.5. The highest BCUT2D eigenvalue weighted by Gasteiger charge is 2.35. The topological polar surface area (TPSA) is 110 Å². The van der Waals surface area contributed by atoms with E-state index in [1.807, 2.05) is 0 Å². The van der Waals surface area contributed by atoms with Crippen molar-refractivity contribution >= 4 is 34.8 Å². The molecule has 13 heteroatoms. The summed E-state index contributed by atoms with van der Waals surface area (Å²) in [5.74, 6) is -1.34. The van der Waals surface area contributed by atoms with Crippen molar-refractivity contribution in [3.63, 3.8) is 0 Å². The average molecular weight is 448 g/mol. The molecule has 1 N–H and O–H groups in total. The number of carbonyl (C=O) groups is 2. The normalized spacial score (nSPS) is 11.8. The predicted molar refractivity (Wildman–Crippen MR) is 101 cm³/mol. The largest absolute Gasteiger partial charge is 0.417 e. The van der Waals surface area contributed by atoms with Gasteiger partial charge in [-0.3, -0.25) is 24.4 Å². The Morgan fingerprint density at radius 2 is 1.97 bits per heavy atom. The molecule has 2 aromatic rings. The van der Waals surface area contributed by atoms with Crippen molar-refractivity contribution < 1.29 is 27.7 Å². The van der Waals surface area contributed by atoms with Crippen LogP contribution in [0.4, 0.5) is 24.5 Å². The molecule has 0 aliphatic heterocycles. The maximum Gasteiger partial charge on any atom is 0.417 e. The van der Waals surface area contributed by atoms with Gasteiger partial charge in [-0.15, -0.1) is 0 Å². The number of rotatable bonds is 6. The molecule has 1 aromatic heterocycles. The molecule has 2 amide bonds. The Hall–Kier alpha value is -3.15. The quantitative estimate of drug-likeness (QED) is 0.539. The number of hydrogen-bond donors (Lipinski definition) is 1. The summed E-state index contributed by atoms with van der Waals surface area (Å²) in [5.41, 5.74) is -2.90. The van der Waals surface area contributed by atoms with E-state index < -0.39 is 45.6 Å². The summed E-state index contributed by atoms with van der Waals surface area (Å²) >= 11 is 5.54. The molecule has 1 aromatic carbocycles. The van der Waals surface area contributed by atoms with Crippen molar-refractivity contribution in [3.8, 4) is 0 Å². The summed E-state index contributed by atoms with van der Waals surface area (Å²) in [6, 6.07) is 2.89. The van der Waals surface area contributed by atoms with Crippen molar-refractivity contribution in [2.75, 3.05) is 18.9 Å². The van der Waals surface area contributed by atoms with Crippen LogP contribution in [0.1, 0.15) is 19.4 Å². The first-order valence-corrected chi connectivity index (χ1v) is 8.73. The Kier molecular flexibility index (Phi) is 6.40. The number of halogens is 4. The van der Waals surface area contributed by atoms with Crippen molar-refractivity contribution in [2.24, 2.45) is 0 Å². The van der Waals surface area contributed by atoms with Crippen LogP contribution in [0, 0.1) is 10.1 Å². The van der Waals surface area contributed by atoms with E-state index in [9.17, 15) is 32.9 Å². The molecule has 2 rings (SSSR count). The van der Waals surface area contributed by atoms with E-state index in [4.69, 9.17) is 11.6 Å². The molecule has 1 heterocycles. The van der Waals surface area contributed by atoms with Gasteiger partial charge in [-0.1, -0.05) is 11.6 Å². The first-order chi connectivity index (χ1) is 13.7. The van der Waals surface area contributed by atoms with Crippen LogP contribution in [0.15, 0.2) is 30.6 Å². The summed E-state index contributed by atoms with van der Waals surface area (Å²) in [4.78, 5) is 36.1. The van der Waals surface area contributed by atoms with Gasteiger partial charge in [0.05, 0.1) is 22.1 Å². The molecule has 162 valence electrons. The smallest absolute Gasteiger partial charge is 0.334 e. The van der Waals surface area contributed by atoms with Crippen LogP contribution < -0.4 is 5.32 Å². The minimum absolute atomic E-state index is 0.139. The summed E-state index contributed by atoms with van der Waals surface area (Å²) in [6.45, 7) is 2.43. The third kappa shape index (κ3) is 5.06. The Morgan fingerprint density at radius 1 is 1.33 bits per heavy atom. The van der Waals surface area contributed by atoms with Crippen molar-refractivity contribution in [3.05, 3.63) is 51.3 Å². The molecule has 0 bridgehead atoms. The molecule has 0 saturated heterocycles. The third-order valence-corrected chi connectivity index (χ3v) is 4.49. The Balaban J connectivity index is 2.09. The van der Waals surface area contributed by atoms with E-state index in [1.54, 1.807) is 0 Å². The second kappa shape index (κ2) is 8.30. The molecule has 0 fully saturated rings. The van der Waals surface area contributed by atoms with Crippen molar-refractivity contribution in [1.82, 2.24) is 14.7 Å². The van der Waals surface area contributed by atoms with Crippen LogP contribution in [0.25, 0.3) is 0 Å². The zero-order valence-electron chi connectivity index (χ0n) is 16.0. The molecular formula is C17H17ClF3N5O4. The Morgan fingerprint density at radius 3 is 2.50 bits per heavy atom. The Labute approximate surface area is 173 Å². The monoisotopic (exact) mass is 447 g/mol. The van der Waals surface area contributed by atoms with Crippen LogP contribution in [0.2, 0.25) is 5.02 Å². The molecule has 0 radical (unpaired) electrons. The van der Waals surface area contributed by atoms with Crippen LogP contribution in [0.5, 0.6) is 0 Å². The van der Waals surface area contributed by atoms with E-state index >= 15 is 0 Å². The molecule has 0 atom stereocenters. The molecule has 0 spiro atoms. The zero-order valence-corrected chi connectivity index (χ0v) is 16.8. The fraction of sp³-hybridized carbons (Fsp3) is 0.353. The number of hydrogen-bond acceptors (Lipinski definition) is 5. The number of benzene rings is 1. The van der Waals surface area contributed by atoms with E-state index in [-0.39, 0.29) is 11.4 Å². The summed E-state index contributed by atoms with van der Waals surface area (Å²) in [6.07, 6.45) is -2.63. The third-order valence-electron chi connectivity index (χ3n) is 4.16. The predicted octanol–water partition coefficient (Wildman–Crippen LogP) is 3.30. The van der Waals surface area contributed by atoms with Crippen LogP contribution in [0.3, 0.4) is 0 Å². The van der Waals surface area contributed by atoms with Crippen molar-refractivity contribution in [2.45, 2.75) is 25.6 Å². The fourth-order valence-electron chi connectivity index (χ4n) is 2.59. The van der Waals surface area contributed by atoms with E-state index in [1.165, 1.54) is 27.0 Å². The number of aromatic nitrogens is 2. The van der Waals surface area contributed by atoms with Crippen LogP contribution in [-0.4, -0.2) is 45.0 Å². The number of amides is 2. The molecule has 0 unspecified atom stereocenters. The minimum Gasteiger partial charge on any atom is -0.334 e. The lowest BCUT2D eigenvalue weighted by Crippen LogP contribution is -2.47. The minimum atomic E-state index is -4.69. The highest BCUT2D eigenvalue weighted by molar-refractivity contribution is 6.31. The second-order valence-electron chi connectivity index (χ2n) is 6.86. The van der Waals surface area contributed by atoms with E-state index in [0.29, 0.717) is 6.07 Å². The second-order valence-corrected chi connectivity index (χ2v) is 7.27. The van der Waals surface area contributed by atoms with Crippen LogP contribution >= 0.6 is 11.6 Å². The van der Waals surface area contributed by atoms with Crippen LogP contribution in [-0.2, 0) is 21.3 Å². The standard InChI is InChI=1S/C17H17ClF3N5O4/c1-16(2,25-8-11(7-22-25)26(29)30)15(28)24(3)9-14(27)23-10-4-5-13(18)12(6-10)17(19,20)21/h4-8H,9H2,1-3H3,(H,23,27). The highest BCUT2D eigenvalue weighted by Crippen LogP contribution is 2.36. The van der Waals surface area contributed by atoms with Crippen molar-refractivity contribution in [1.29, 1.82) is 0 Å². The molecule has 30 heavy (non-hydrogen) atoms. The van der Waals surface area contributed by atoms with E-state index in [2.05, 4.69) is 10.4 Å². The lowest BCUT2D eigenvalue weighted by atomic mass is 10.0. The molecule has 0 saturated carbocycles. The number of nitrogens with zero attached hydrogens (tertiary/aromatic N) is 4. The fourth-order valence-corrected chi connectivity index (χ4v) is 2.81. The Bertz CT molecular complexity index is 990. The first kappa shape index (κ1) is 23.1. The summed E-state index contributed by atoms with van der Waals surface area (Å²) < 4.78 is 39.9. The number of carbonyl (C=O) groups excluding carboxylic acids is 2. The van der Waals surface area contributed by atoms with Gasteiger partial charge in [-0.05, 0) is 32.0 Å². The van der Waals surface area contributed by atoms with Gasteiger partial charge in [0, 0.05) is 12.7 Å². The van der Waals surface area contributed by atoms with E-state index in [0.717, 1.165) is 28.0 Å². The van der Waals surface area contributed by atoms with Gasteiger partial charge in [0.1, 0.15) is 17.9 Å².